The fourth-order valence-electron chi connectivity index (χ4n) is 2.35. The Morgan fingerprint density at radius 3 is 2.23 bits per heavy atom. The zero-order valence-corrected chi connectivity index (χ0v) is 18.9. The number of hydrogen-bond donors (Lipinski definition) is 3. The van der Waals surface area contributed by atoms with Crippen molar-refractivity contribution < 1.29 is 27.1 Å². The number of hydrogen-bond acceptors (Lipinski definition) is 5. The van der Waals surface area contributed by atoms with Crippen LogP contribution in [0, 0.1) is 5.82 Å². The maximum Gasteiger partial charge on any atom is 0.412 e. The van der Waals surface area contributed by atoms with Crippen molar-refractivity contribution in [1.82, 2.24) is 4.72 Å². The minimum absolute atomic E-state index is 0.0617. The van der Waals surface area contributed by atoms with Gasteiger partial charge in [0.2, 0.25) is 15.9 Å². The van der Waals surface area contributed by atoms with Gasteiger partial charge in [0.1, 0.15) is 11.4 Å². The Kier molecular flexibility index (Phi) is 7.63. The van der Waals surface area contributed by atoms with Crippen LogP contribution in [0.5, 0.6) is 0 Å². The lowest BCUT2D eigenvalue weighted by molar-refractivity contribution is -0.117. The molecule has 31 heavy (non-hydrogen) atoms. The highest BCUT2D eigenvalue weighted by atomic mass is 35.5. The van der Waals surface area contributed by atoms with Crippen molar-refractivity contribution >= 4 is 45.0 Å². The van der Waals surface area contributed by atoms with Gasteiger partial charge in [-0.25, -0.2) is 17.6 Å². The first kappa shape index (κ1) is 24.6. The SMILES string of the molecule is C[C@H](NS(=O)(=O)c1ccc(Cl)cc1)C(=O)Nc1cc(F)ccc1NC(=O)OC(C)(C)C. The molecule has 0 aliphatic rings. The summed E-state index contributed by atoms with van der Waals surface area (Å²) < 4.78 is 46.0. The molecule has 8 nitrogen and oxygen atoms in total. The molecule has 0 heterocycles. The first-order valence-corrected chi connectivity index (χ1v) is 11.0. The lowest BCUT2D eigenvalue weighted by Crippen LogP contribution is -2.41. The van der Waals surface area contributed by atoms with Crippen LogP contribution in [0.1, 0.15) is 27.7 Å². The van der Waals surface area contributed by atoms with Crippen LogP contribution in [-0.2, 0) is 19.6 Å². The Hall–Kier alpha value is -2.69. The molecule has 0 aliphatic heterocycles. The quantitative estimate of drug-likeness (QED) is 0.586. The van der Waals surface area contributed by atoms with E-state index in [9.17, 15) is 22.4 Å². The zero-order valence-electron chi connectivity index (χ0n) is 17.3. The summed E-state index contributed by atoms with van der Waals surface area (Å²) in [6.45, 7) is 6.35. The van der Waals surface area contributed by atoms with Crippen LogP contribution in [0.4, 0.5) is 20.6 Å². The number of carbonyl (C=O) groups is 2. The molecule has 0 saturated heterocycles. The molecule has 0 radical (unpaired) electrons. The highest BCUT2D eigenvalue weighted by Crippen LogP contribution is 2.24. The number of halogens is 2. The van der Waals surface area contributed by atoms with Crippen molar-refractivity contribution in [3.8, 4) is 0 Å². The zero-order chi connectivity index (χ0) is 23.4. The van der Waals surface area contributed by atoms with Crippen molar-refractivity contribution in [1.29, 1.82) is 0 Å². The van der Waals surface area contributed by atoms with Crippen molar-refractivity contribution in [2.24, 2.45) is 0 Å². The largest absolute Gasteiger partial charge is 0.444 e. The second-order valence-corrected chi connectivity index (χ2v) is 9.75. The maximum absolute atomic E-state index is 13.7. The van der Waals surface area contributed by atoms with Gasteiger partial charge in [-0.2, -0.15) is 4.72 Å². The van der Waals surface area contributed by atoms with Gasteiger partial charge in [0.15, 0.2) is 0 Å². The standard InChI is InChI=1S/C20H23ClFN3O5S/c1-12(25-31(28,29)15-8-5-13(21)6-9-15)18(26)23-17-11-14(22)7-10-16(17)24-19(27)30-20(2,3)4/h5-12,25H,1-4H3,(H,23,26)(H,24,27)/t12-/m0/s1. The number of amides is 2. The van der Waals surface area contributed by atoms with E-state index in [1.165, 1.54) is 37.3 Å². The number of carbonyl (C=O) groups excluding carboxylic acids is 2. The second kappa shape index (κ2) is 9.63. The van der Waals surface area contributed by atoms with Crippen molar-refractivity contribution in [3.63, 3.8) is 0 Å². The van der Waals surface area contributed by atoms with E-state index in [-0.39, 0.29) is 16.3 Å². The van der Waals surface area contributed by atoms with Crippen molar-refractivity contribution in [2.45, 2.75) is 44.2 Å². The van der Waals surface area contributed by atoms with Crippen LogP contribution >= 0.6 is 11.6 Å². The van der Waals surface area contributed by atoms with Gasteiger partial charge in [-0.1, -0.05) is 11.6 Å². The van der Waals surface area contributed by atoms with Gasteiger partial charge in [0.25, 0.3) is 0 Å². The lowest BCUT2D eigenvalue weighted by atomic mass is 10.2. The van der Waals surface area contributed by atoms with E-state index >= 15 is 0 Å². The van der Waals surface area contributed by atoms with E-state index in [2.05, 4.69) is 15.4 Å². The Balaban J connectivity index is 2.14. The number of sulfonamides is 1. The average molecular weight is 472 g/mol. The summed E-state index contributed by atoms with van der Waals surface area (Å²) in [5, 5.41) is 5.19. The molecule has 11 heteroatoms. The van der Waals surface area contributed by atoms with Crippen LogP contribution < -0.4 is 15.4 Å². The molecular weight excluding hydrogens is 449 g/mol. The van der Waals surface area contributed by atoms with Crippen LogP contribution in [0.2, 0.25) is 5.02 Å². The third-order valence-electron chi connectivity index (χ3n) is 3.72. The summed E-state index contributed by atoms with van der Waals surface area (Å²) in [4.78, 5) is 24.5. The Labute approximate surface area is 185 Å². The summed E-state index contributed by atoms with van der Waals surface area (Å²) in [7, 11) is -4.00. The summed E-state index contributed by atoms with van der Waals surface area (Å²) in [6.07, 6.45) is -0.800. The molecule has 2 aromatic carbocycles. The smallest absolute Gasteiger partial charge is 0.412 e. The van der Waals surface area contributed by atoms with Gasteiger partial charge in [0.05, 0.1) is 22.3 Å². The molecule has 1 atom stereocenters. The topological polar surface area (TPSA) is 114 Å². The molecule has 168 valence electrons. The van der Waals surface area contributed by atoms with E-state index in [4.69, 9.17) is 16.3 Å². The van der Waals surface area contributed by atoms with Gasteiger partial charge in [-0.3, -0.25) is 10.1 Å². The lowest BCUT2D eigenvalue weighted by Gasteiger charge is -2.21. The molecule has 0 saturated carbocycles. The van der Waals surface area contributed by atoms with E-state index < -0.39 is 39.5 Å². The van der Waals surface area contributed by atoms with E-state index in [0.29, 0.717) is 5.02 Å². The maximum atomic E-state index is 13.7. The van der Waals surface area contributed by atoms with Crippen LogP contribution in [0.3, 0.4) is 0 Å². The van der Waals surface area contributed by atoms with Gasteiger partial charge < -0.3 is 10.1 Å². The molecule has 2 amide bonds. The van der Waals surface area contributed by atoms with Crippen LogP contribution in [0.25, 0.3) is 0 Å². The molecule has 0 bridgehead atoms. The molecule has 0 spiro atoms. The normalized spacial score (nSPS) is 12.7. The van der Waals surface area contributed by atoms with E-state index in [1.54, 1.807) is 20.8 Å². The molecule has 0 fully saturated rings. The molecule has 2 aromatic rings. The third kappa shape index (κ3) is 7.50. The minimum atomic E-state index is -4.00. The van der Waals surface area contributed by atoms with Crippen molar-refractivity contribution in [3.05, 3.63) is 53.3 Å². The summed E-state index contributed by atoms with van der Waals surface area (Å²) in [5.41, 5.74) is -0.743. The van der Waals surface area contributed by atoms with Gasteiger partial charge in [0, 0.05) is 5.02 Å². The van der Waals surface area contributed by atoms with Crippen LogP contribution in [-0.4, -0.2) is 32.1 Å². The summed E-state index contributed by atoms with van der Waals surface area (Å²) in [6, 6.07) is 7.52. The average Bonchev–Trinajstić information content (AvgIpc) is 2.62. The summed E-state index contributed by atoms with van der Waals surface area (Å²) in [5.74, 6) is -1.44. The predicted octanol–water partition coefficient (Wildman–Crippen LogP) is 4.13. The van der Waals surface area contributed by atoms with Crippen LogP contribution in [0.15, 0.2) is 47.4 Å². The number of benzene rings is 2. The Morgan fingerprint density at radius 2 is 1.65 bits per heavy atom. The number of rotatable bonds is 6. The monoisotopic (exact) mass is 471 g/mol. The number of anilines is 2. The number of ether oxygens (including phenoxy) is 1. The molecular formula is C20H23ClFN3O5S. The van der Waals surface area contributed by atoms with Gasteiger partial charge in [-0.15, -0.1) is 0 Å². The molecule has 2 rings (SSSR count). The first-order chi connectivity index (χ1) is 14.3. The predicted molar refractivity (Wildman–Crippen MR) is 116 cm³/mol. The Morgan fingerprint density at radius 1 is 1.03 bits per heavy atom. The highest BCUT2D eigenvalue weighted by Gasteiger charge is 2.23. The fourth-order valence-corrected chi connectivity index (χ4v) is 3.68. The van der Waals surface area contributed by atoms with Gasteiger partial charge in [-0.05, 0) is 70.2 Å². The van der Waals surface area contributed by atoms with Crippen molar-refractivity contribution in [2.75, 3.05) is 10.6 Å². The first-order valence-electron chi connectivity index (χ1n) is 9.15. The highest BCUT2D eigenvalue weighted by molar-refractivity contribution is 7.89. The third-order valence-corrected chi connectivity index (χ3v) is 5.53. The summed E-state index contributed by atoms with van der Waals surface area (Å²) >= 11 is 5.76. The molecule has 0 aromatic heterocycles. The fraction of sp³-hybridized carbons (Fsp3) is 0.300. The Bertz CT molecular complexity index is 1070. The minimum Gasteiger partial charge on any atom is -0.444 e. The van der Waals surface area contributed by atoms with E-state index in [0.717, 1.165) is 12.1 Å². The second-order valence-electron chi connectivity index (χ2n) is 7.60. The molecule has 0 aliphatic carbocycles. The molecule has 0 unspecified atom stereocenters. The number of nitrogens with one attached hydrogen (secondary N) is 3. The molecule has 3 N–H and O–H groups in total. The van der Waals surface area contributed by atoms with Gasteiger partial charge >= 0.3 is 6.09 Å². The van der Waals surface area contributed by atoms with E-state index in [1.807, 2.05) is 0 Å².